The summed E-state index contributed by atoms with van der Waals surface area (Å²) in [7, 11) is 3.31. The maximum atomic E-state index is 13.4. The standard InChI is InChI=1S/C26H31N3O5/c1-17-14-29(18(2)16-30)26(32)23-12-21(10-9-20-7-6-8-22(11-20)33-5)13-27-25(23)34-24(17)15-28(4)19(3)31/h6-8,11-13,17-18,24,30H,14-16H2,1-5H3/t17-,18-,24-/m1/s1. The number of aliphatic hydroxyl groups excluding tert-OH is 1. The van der Waals surface area contributed by atoms with E-state index in [1.165, 1.54) is 6.92 Å². The van der Waals surface area contributed by atoms with Crippen LogP contribution in [0.4, 0.5) is 0 Å². The van der Waals surface area contributed by atoms with Gasteiger partial charge in [-0.2, -0.15) is 0 Å². The highest BCUT2D eigenvalue weighted by molar-refractivity contribution is 5.97. The lowest BCUT2D eigenvalue weighted by Crippen LogP contribution is -2.50. The lowest BCUT2D eigenvalue weighted by atomic mass is 10.00. The van der Waals surface area contributed by atoms with E-state index in [2.05, 4.69) is 16.8 Å². The molecule has 1 aromatic carbocycles. The van der Waals surface area contributed by atoms with Gasteiger partial charge in [-0.05, 0) is 31.2 Å². The summed E-state index contributed by atoms with van der Waals surface area (Å²) in [5.41, 5.74) is 1.60. The van der Waals surface area contributed by atoms with E-state index in [1.807, 2.05) is 31.2 Å². The van der Waals surface area contributed by atoms with Gasteiger partial charge in [0, 0.05) is 43.8 Å². The van der Waals surface area contributed by atoms with E-state index in [9.17, 15) is 14.7 Å². The lowest BCUT2D eigenvalue weighted by molar-refractivity contribution is -0.129. The molecule has 2 amide bonds. The summed E-state index contributed by atoms with van der Waals surface area (Å²) in [5.74, 6) is 6.56. The van der Waals surface area contributed by atoms with Gasteiger partial charge in [-0.15, -0.1) is 0 Å². The van der Waals surface area contributed by atoms with Crippen molar-refractivity contribution in [1.82, 2.24) is 14.8 Å². The van der Waals surface area contributed by atoms with Crippen molar-refractivity contribution in [3.8, 4) is 23.5 Å². The Bertz CT molecular complexity index is 1110. The average Bonchev–Trinajstić information content (AvgIpc) is 2.84. The van der Waals surface area contributed by atoms with Crippen LogP contribution >= 0.6 is 0 Å². The van der Waals surface area contributed by atoms with Crippen LogP contribution in [0.3, 0.4) is 0 Å². The number of likely N-dealkylation sites (N-methyl/N-ethyl adjacent to an activating group) is 1. The summed E-state index contributed by atoms with van der Waals surface area (Å²) in [6.07, 6.45) is 1.19. The van der Waals surface area contributed by atoms with E-state index >= 15 is 0 Å². The van der Waals surface area contributed by atoms with Gasteiger partial charge in [-0.1, -0.05) is 24.8 Å². The molecule has 0 bridgehead atoms. The fourth-order valence-corrected chi connectivity index (χ4v) is 3.63. The number of hydrogen-bond donors (Lipinski definition) is 1. The van der Waals surface area contributed by atoms with Crippen molar-refractivity contribution in [1.29, 1.82) is 0 Å². The summed E-state index contributed by atoms with van der Waals surface area (Å²) in [6.45, 7) is 5.80. The number of rotatable bonds is 5. The van der Waals surface area contributed by atoms with Crippen molar-refractivity contribution in [2.75, 3.05) is 33.9 Å². The fraction of sp³-hybridized carbons (Fsp3) is 0.423. The first-order valence-electron chi connectivity index (χ1n) is 11.2. The molecule has 1 aliphatic heterocycles. The Balaban J connectivity index is 2.00. The molecule has 180 valence electrons. The van der Waals surface area contributed by atoms with Crippen LogP contribution in [0.5, 0.6) is 11.6 Å². The second-order valence-corrected chi connectivity index (χ2v) is 8.58. The number of carbonyl (C=O) groups excluding carboxylic acids is 2. The monoisotopic (exact) mass is 465 g/mol. The predicted molar refractivity (Wildman–Crippen MR) is 128 cm³/mol. The first-order chi connectivity index (χ1) is 16.2. The number of benzene rings is 1. The molecule has 0 saturated carbocycles. The Morgan fingerprint density at radius 1 is 1.35 bits per heavy atom. The van der Waals surface area contributed by atoms with Crippen LogP contribution in [0.25, 0.3) is 0 Å². The molecule has 2 aromatic rings. The van der Waals surface area contributed by atoms with E-state index in [-0.39, 0.29) is 41.9 Å². The number of amides is 2. The average molecular weight is 466 g/mol. The SMILES string of the molecule is COc1cccc(C#Cc2cnc3c(c2)C(=O)N([C@H](C)CO)C[C@@H](C)[C@@H](CN(C)C(C)=O)O3)c1. The third kappa shape index (κ3) is 5.86. The molecule has 0 fully saturated rings. The quantitative estimate of drug-likeness (QED) is 0.681. The molecule has 0 aliphatic carbocycles. The number of carbonyl (C=O) groups is 2. The molecule has 34 heavy (non-hydrogen) atoms. The van der Waals surface area contributed by atoms with Gasteiger partial charge in [0.25, 0.3) is 5.91 Å². The Hall–Kier alpha value is -3.57. The molecule has 0 spiro atoms. The van der Waals surface area contributed by atoms with Gasteiger partial charge in [0.2, 0.25) is 11.8 Å². The molecule has 3 atom stereocenters. The number of hydrogen-bond acceptors (Lipinski definition) is 6. The van der Waals surface area contributed by atoms with E-state index < -0.39 is 6.04 Å². The summed E-state index contributed by atoms with van der Waals surface area (Å²) >= 11 is 0. The smallest absolute Gasteiger partial charge is 0.259 e. The maximum absolute atomic E-state index is 13.4. The first-order valence-corrected chi connectivity index (χ1v) is 11.2. The van der Waals surface area contributed by atoms with Crippen molar-refractivity contribution >= 4 is 11.8 Å². The number of methoxy groups -OCH3 is 1. The third-order valence-corrected chi connectivity index (χ3v) is 5.93. The van der Waals surface area contributed by atoms with Gasteiger partial charge in [0.1, 0.15) is 17.4 Å². The third-order valence-electron chi connectivity index (χ3n) is 5.93. The molecule has 3 rings (SSSR count). The molecule has 8 nitrogen and oxygen atoms in total. The van der Waals surface area contributed by atoms with E-state index in [4.69, 9.17) is 9.47 Å². The molecular weight excluding hydrogens is 434 g/mol. The Morgan fingerprint density at radius 3 is 2.76 bits per heavy atom. The molecular formula is C26H31N3O5. The minimum absolute atomic E-state index is 0.0779. The van der Waals surface area contributed by atoms with Gasteiger partial charge in [-0.3, -0.25) is 9.59 Å². The minimum Gasteiger partial charge on any atom is -0.497 e. The van der Waals surface area contributed by atoms with Gasteiger partial charge in [-0.25, -0.2) is 4.98 Å². The Morgan fingerprint density at radius 2 is 2.09 bits per heavy atom. The second kappa shape index (κ2) is 11.0. The fourth-order valence-electron chi connectivity index (χ4n) is 3.63. The maximum Gasteiger partial charge on any atom is 0.259 e. The van der Waals surface area contributed by atoms with Gasteiger partial charge in [0.05, 0.1) is 26.3 Å². The highest BCUT2D eigenvalue weighted by Crippen LogP contribution is 2.27. The van der Waals surface area contributed by atoms with Crippen molar-refractivity contribution in [3.05, 3.63) is 53.2 Å². The van der Waals surface area contributed by atoms with Crippen LogP contribution in [0, 0.1) is 17.8 Å². The number of aromatic nitrogens is 1. The van der Waals surface area contributed by atoms with Crippen molar-refractivity contribution in [2.45, 2.75) is 32.9 Å². The highest BCUT2D eigenvalue weighted by atomic mass is 16.5. The highest BCUT2D eigenvalue weighted by Gasteiger charge is 2.34. The topological polar surface area (TPSA) is 92.2 Å². The lowest BCUT2D eigenvalue weighted by Gasteiger charge is -2.37. The van der Waals surface area contributed by atoms with E-state index in [1.54, 1.807) is 43.1 Å². The zero-order valence-electron chi connectivity index (χ0n) is 20.2. The normalized spacial score (nSPS) is 18.4. The van der Waals surface area contributed by atoms with Gasteiger partial charge in [0.15, 0.2) is 0 Å². The largest absolute Gasteiger partial charge is 0.497 e. The number of aliphatic hydroxyl groups is 1. The Kier molecular flexibility index (Phi) is 8.13. The zero-order valence-corrected chi connectivity index (χ0v) is 20.2. The van der Waals surface area contributed by atoms with Crippen LogP contribution in [0.2, 0.25) is 0 Å². The van der Waals surface area contributed by atoms with Crippen molar-refractivity contribution in [3.63, 3.8) is 0 Å². The number of pyridine rings is 1. The second-order valence-electron chi connectivity index (χ2n) is 8.58. The van der Waals surface area contributed by atoms with Crippen molar-refractivity contribution in [2.24, 2.45) is 5.92 Å². The summed E-state index contributed by atoms with van der Waals surface area (Å²) < 4.78 is 11.4. The first kappa shape index (κ1) is 25.1. The minimum atomic E-state index is -0.390. The number of fused-ring (bicyclic) bond motifs is 1. The summed E-state index contributed by atoms with van der Waals surface area (Å²) in [5, 5.41) is 9.77. The predicted octanol–water partition coefficient (Wildman–Crippen LogP) is 2.19. The molecule has 8 heteroatoms. The van der Waals surface area contributed by atoms with Gasteiger partial charge < -0.3 is 24.4 Å². The molecule has 0 unspecified atom stereocenters. The van der Waals surface area contributed by atoms with Crippen molar-refractivity contribution < 1.29 is 24.2 Å². The van der Waals surface area contributed by atoms with Crippen LogP contribution in [-0.4, -0.2) is 77.7 Å². The molecule has 0 saturated heterocycles. The molecule has 1 N–H and O–H groups in total. The van der Waals surface area contributed by atoms with E-state index in [0.29, 0.717) is 24.4 Å². The molecule has 0 radical (unpaired) electrons. The number of nitrogens with zero attached hydrogens (tertiary/aromatic N) is 3. The summed E-state index contributed by atoms with van der Waals surface area (Å²) in [4.78, 5) is 32.9. The van der Waals surface area contributed by atoms with Gasteiger partial charge >= 0.3 is 0 Å². The zero-order chi connectivity index (χ0) is 24.8. The van der Waals surface area contributed by atoms with Crippen LogP contribution in [0.1, 0.15) is 42.3 Å². The van der Waals surface area contributed by atoms with Crippen LogP contribution in [-0.2, 0) is 4.79 Å². The summed E-state index contributed by atoms with van der Waals surface area (Å²) in [6, 6.07) is 8.66. The van der Waals surface area contributed by atoms with Crippen LogP contribution in [0.15, 0.2) is 36.5 Å². The molecule has 1 aliphatic rings. The number of ether oxygens (including phenoxy) is 2. The molecule has 1 aromatic heterocycles. The van der Waals surface area contributed by atoms with Crippen LogP contribution < -0.4 is 9.47 Å². The molecule has 2 heterocycles. The Labute approximate surface area is 200 Å². The van der Waals surface area contributed by atoms with E-state index in [0.717, 1.165) is 5.56 Å².